The molecule has 1 N–H and O–H groups in total. The van der Waals surface area contributed by atoms with Crippen LogP contribution in [0.25, 0.3) is 0 Å². The van der Waals surface area contributed by atoms with Crippen LogP contribution < -0.4 is 0 Å². The van der Waals surface area contributed by atoms with Crippen molar-refractivity contribution in [1.29, 1.82) is 0 Å². The Hall–Kier alpha value is -1.98. The van der Waals surface area contributed by atoms with Gasteiger partial charge in [0.1, 0.15) is 6.10 Å². The molecule has 0 rings (SSSR count). The summed E-state index contributed by atoms with van der Waals surface area (Å²) >= 11 is 0. The first-order valence-electron chi connectivity index (χ1n) is 4.56. The first kappa shape index (κ1) is 14.0. The minimum absolute atomic E-state index is 0.111. The van der Waals surface area contributed by atoms with Crippen molar-refractivity contribution in [2.45, 2.75) is 18.9 Å². The molecule has 0 spiro atoms. The normalized spacial score (nSPS) is 11.0. The number of carboxylic acid groups (broad SMARTS) is 1. The van der Waals surface area contributed by atoms with Crippen LogP contribution in [0.15, 0.2) is 25.5 Å². The molecule has 0 heterocycles. The molecule has 0 aromatic carbocycles. The minimum Gasteiger partial charge on any atom is -0.450 e. The second kappa shape index (κ2) is 8.34. The van der Waals surface area contributed by atoms with E-state index in [0.29, 0.717) is 12.8 Å². The maximum Gasteiger partial charge on any atom is 0.513 e. The molecule has 1 unspecified atom stereocenters. The lowest BCUT2D eigenvalue weighted by atomic mass is 10.2. The molecule has 0 saturated carbocycles. The largest absolute Gasteiger partial charge is 0.513 e. The first-order chi connectivity index (χ1) is 7.60. The fourth-order valence-corrected chi connectivity index (χ4v) is 0.896. The van der Waals surface area contributed by atoms with Crippen molar-refractivity contribution in [2.24, 2.45) is 0 Å². The molecular weight excluding hydrogens is 216 g/mol. The molecule has 0 aromatic heterocycles. The van der Waals surface area contributed by atoms with Crippen molar-refractivity contribution >= 4 is 12.3 Å². The summed E-state index contributed by atoms with van der Waals surface area (Å²) < 4.78 is 13.4. The van der Waals surface area contributed by atoms with Crippen molar-refractivity contribution in [1.82, 2.24) is 0 Å². The molecule has 90 valence electrons. The van der Waals surface area contributed by atoms with E-state index in [2.05, 4.69) is 27.4 Å². The Morgan fingerprint density at radius 2 is 2.06 bits per heavy atom. The van der Waals surface area contributed by atoms with E-state index in [1.807, 2.05) is 0 Å². The number of ether oxygens (including phenoxy) is 3. The number of carbonyl (C=O) groups excluding carboxylic acids is 1. The highest BCUT2D eigenvalue weighted by atomic mass is 16.7. The first-order valence-corrected chi connectivity index (χ1v) is 4.56. The fourth-order valence-electron chi connectivity index (χ4n) is 0.896. The highest BCUT2D eigenvalue weighted by Gasteiger charge is 2.09. The second-order valence-electron chi connectivity index (χ2n) is 2.68. The average molecular weight is 230 g/mol. The van der Waals surface area contributed by atoms with Crippen molar-refractivity contribution in [3.05, 3.63) is 25.5 Å². The van der Waals surface area contributed by atoms with Crippen molar-refractivity contribution in [3.63, 3.8) is 0 Å². The topological polar surface area (TPSA) is 82.1 Å². The van der Waals surface area contributed by atoms with Gasteiger partial charge in [0.15, 0.2) is 0 Å². The van der Waals surface area contributed by atoms with Gasteiger partial charge < -0.3 is 19.3 Å². The summed E-state index contributed by atoms with van der Waals surface area (Å²) in [5, 5.41) is 8.34. The van der Waals surface area contributed by atoms with Crippen LogP contribution >= 0.6 is 0 Å². The molecule has 16 heavy (non-hydrogen) atoms. The van der Waals surface area contributed by atoms with Crippen LogP contribution in [0.2, 0.25) is 0 Å². The van der Waals surface area contributed by atoms with E-state index >= 15 is 0 Å². The Morgan fingerprint density at radius 3 is 2.56 bits per heavy atom. The number of carbonyl (C=O) groups is 2. The quantitative estimate of drug-likeness (QED) is 0.313. The monoisotopic (exact) mass is 230 g/mol. The van der Waals surface area contributed by atoms with Crippen molar-refractivity contribution in [3.8, 4) is 0 Å². The molecular formula is C10H14O6. The number of rotatable bonds is 7. The number of hydrogen-bond donors (Lipinski definition) is 1. The second-order valence-corrected chi connectivity index (χ2v) is 2.68. The lowest BCUT2D eigenvalue weighted by Gasteiger charge is -2.10. The van der Waals surface area contributed by atoms with Crippen LogP contribution in [0.5, 0.6) is 0 Å². The molecule has 0 aliphatic heterocycles. The van der Waals surface area contributed by atoms with Crippen LogP contribution in [0.4, 0.5) is 9.59 Å². The van der Waals surface area contributed by atoms with Gasteiger partial charge in [-0.3, -0.25) is 0 Å². The smallest absolute Gasteiger partial charge is 0.450 e. The van der Waals surface area contributed by atoms with Gasteiger partial charge in [-0.25, -0.2) is 9.59 Å². The SMILES string of the molecule is C=COC(=O)OCCCC(C=C)OC(=O)O. The summed E-state index contributed by atoms with van der Waals surface area (Å²) in [6.45, 7) is 6.72. The van der Waals surface area contributed by atoms with Gasteiger partial charge in [-0.15, -0.1) is 0 Å². The summed E-state index contributed by atoms with van der Waals surface area (Å²) in [4.78, 5) is 20.9. The zero-order chi connectivity index (χ0) is 12.4. The molecule has 0 aromatic rings. The molecule has 0 saturated heterocycles. The standard InChI is InChI=1S/C10H14O6/c1-3-8(16-9(11)12)6-5-7-15-10(13)14-4-2/h3-4,8H,1-2,5-7H2,(H,11,12). The minimum atomic E-state index is -1.36. The van der Waals surface area contributed by atoms with Crippen LogP contribution in [0.1, 0.15) is 12.8 Å². The van der Waals surface area contributed by atoms with Crippen LogP contribution in [-0.4, -0.2) is 30.1 Å². The molecule has 1 atom stereocenters. The Bertz CT molecular complexity index is 260. The van der Waals surface area contributed by atoms with Gasteiger partial charge in [0.25, 0.3) is 0 Å². The molecule has 6 heteroatoms. The summed E-state index contributed by atoms with van der Waals surface area (Å²) in [5.74, 6) is 0. The van der Waals surface area contributed by atoms with Gasteiger partial charge in [-0.1, -0.05) is 19.2 Å². The molecule has 0 amide bonds. The third-order valence-electron chi connectivity index (χ3n) is 1.55. The van der Waals surface area contributed by atoms with E-state index < -0.39 is 18.4 Å². The maximum absolute atomic E-state index is 10.7. The summed E-state index contributed by atoms with van der Waals surface area (Å²) in [7, 11) is 0. The van der Waals surface area contributed by atoms with E-state index in [9.17, 15) is 9.59 Å². The highest BCUT2D eigenvalue weighted by Crippen LogP contribution is 2.04. The zero-order valence-corrected chi connectivity index (χ0v) is 8.76. The van der Waals surface area contributed by atoms with E-state index in [1.165, 1.54) is 6.08 Å². The molecule has 0 aliphatic rings. The maximum atomic E-state index is 10.7. The van der Waals surface area contributed by atoms with Crippen LogP contribution in [-0.2, 0) is 14.2 Å². The Morgan fingerprint density at radius 1 is 1.38 bits per heavy atom. The lowest BCUT2D eigenvalue weighted by Crippen LogP contribution is -2.15. The molecule has 0 fully saturated rings. The summed E-state index contributed by atoms with van der Waals surface area (Å²) in [6, 6.07) is 0. The van der Waals surface area contributed by atoms with Gasteiger partial charge in [-0.2, -0.15) is 0 Å². The van der Waals surface area contributed by atoms with Crippen molar-refractivity contribution < 1.29 is 28.9 Å². The van der Waals surface area contributed by atoms with E-state index in [4.69, 9.17) is 5.11 Å². The summed E-state index contributed by atoms with van der Waals surface area (Å²) in [6.07, 6.45) is 0.351. The Labute approximate surface area is 93.1 Å². The molecule has 0 radical (unpaired) electrons. The predicted molar refractivity (Wildman–Crippen MR) is 55.0 cm³/mol. The number of hydrogen-bond acceptors (Lipinski definition) is 5. The third kappa shape index (κ3) is 7.43. The van der Waals surface area contributed by atoms with Crippen LogP contribution in [0, 0.1) is 0 Å². The zero-order valence-electron chi connectivity index (χ0n) is 8.76. The van der Waals surface area contributed by atoms with Gasteiger partial charge in [-0.05, 0) is 12.8 Å². The van der Waals surface area contributed by atoms with E-state index in [0.717, 1.165) is 6.26 Å². The van der Waals surface area contributed by atoms with Gasteiger partial charge in [0, 0.05) is 0 Å². The Balaban J connectivity index is 3.62. The van der Waals surface area contributed by atoms with Gasteiger partial charge >= 0.3 is 12.3 Å². The average Bonchev–Trinajstić information content (AvgIpc) is 2.22. The van der Waals surface area contributed by atoms with E-state index in [-0.39, 0.29) is 6.61 Å². The summed E-state index contributed by atoms with van der Waals surface area (Å²) in [5.41, 5.74) is 0. The predicted octanol–water partition coefficient (Wildman–Crippen LogP) is 2.31. The molecule has 0 aliphatic carbocycles. The Kier molecular flexibility index (Phi) is 7.31. The van der Waals surface area contributed by atoms with Crippen LogP contribution in [0.3, 0.4) is 0 Å². The van der Waals surface area contributed by atoms with Gasteiger partial charge in [0.2, 0.25) is 0 Å². The molecule has 0 bridgehead atoms. The lowest BCUT2D eigenvalue weighted by molar-refractivity contribution is 0.0567. The van der Waals surface area contributed by atoms with E-state index in [1.54, 1.807) is 0 Å². The van der Waals surface area contributed by atoms with Gasteiger partial charge in [0.05, 0.1) is 12.9 Å². The fraction of sp³-hybridized carbons (Fsp3) is 0.400. The highest BCUT2D eigenvalue weighted by molar-refractivity contribution is 5.60. The molecule has 6 nitrogen and oxygen atoms in total. The third-order valence-corrected chi connectivity index (χ3v) is 1.55. The van der Waals surface area contributed by atoms with Crippen molar-refractivity contribution in [2.75, 3.05) is 6.61 Å².